The Balaban J connectivity index is 1.60. The fourth-order valence-electron chi connectivity index (χ4n) is 2.79. The van der Waals surface area contributed by atoms with Crippen molar-refractivity contribution in [3.8, 4) is 0 Å². The van der Waals surface area contributed by atoms with Gasteiger partial charge in [0, 0.05) is 44.5 Å². The maximum atomic E-state index is 13.2. The molecule has 1 aliphatic heterocycles. The molecule has 128 valence electrons. The second-order valence-corrected chi connectivity index (χ2v) is 6.73. The van der Waals surface area contributed by atoms with Crippen LogP contribution >= 0.6 is 11.3 Å². The highest BCUT2D eigenvalue weighted by Crippen LogP contribution is 2.17. The summed E-state index contributed by atoms with van der Waals surface area (Å²) in [6, 6.07) is 6.43. The Bertz CT molecular complexity index is 699. The molecule has 1 amide bonds. The molecular weight excluding hydrogens is 329 g/mol. The van der Waals surface area contributed by atoms with E-state index in [1.54, 1.807) is 16.3 Å². The Hall–Kier alpha value is -1.83. The van der Waals surface area contributed by atoms with Crippen molar-refractivity contribution in [2.24, 2.45) is 0 Å². The number of aliphatic hydroxyl groups excluding tert-OH is 1. The third-order valence-corrected chi connectivity index (χ3v) is 4.94. The van der Waals surface area contributed by atoms with Gasteiger partial charge in [-0.15, -0.1) is 11.3 Å². The number of β-amino-alcohol motifs (C(OH)–C–C–N with tert-alkyl or cyclic N) is 1. The Labute approximate surface area is 144 Å². The Morgan fingerprint density at radius 3 is 2.79 bits per heavy atom. The number of aliphatic hydroxyl groups is 1. The van der Waals surface area contributed by atoms with Gasteiger partial charge >= 0.3 is 0 Å². The van der Waals surface area contributed by atoms with Crippen LogP contribution in [-0.2, 0) is 6.42 Å². The minimum Gasteiger partial charge on any atom is -0.395 e. The van der Waals surface area contributed by atoms with E-state index in [0.29, 0.717) is 31.7 Å². The summed E-state index contributed by atoms with van der Waals surface area (Å²) in [7, 11) is 0. The molecule has 1 saturated heterocycles. The summed E-state index contributed by atoms with van der Waals surface area (Å²) in [6.07, 6.45) is 0.528. The predicted octanol–water partition coefficient (Wildman–Crippen LogP) is 1.62. The van der Waals surface area contributed by atoms with E-state index in [0.717, 1.165) is 23.7 Å². The number of carbonyl (C=O) groups is 1. The fourth-order valence-corrected chi connectivity index (χ4v) is 3.59. The number of thiazole rings is 1. The van der Waals surface area contributed by atoms with Crippen LogP contribution in [0.4, 0.5) is 4.39 Å². The predicted molar refractivity (Wildman–Crippen MR) is 90.7 cm³/mol. The summed E-state index contributed by atoms with van der Waals surface area (Å²) < 4.78 is 13.2. The smallest absolute Gasteiger partial charge is 0.273 e. The molecule has 0 saturated carbocycles. The standard InChI is InChI=1S/C17H20FN3O2S/c18-14-3-1-2-13(10-14)11-16-19-15(12-24-16)17(23)21-6-4-20(5-7-21)8-9-22/h1-3,10,12,22H,4-9,11H2. The minimum absolute atomic E-state index is 0.0552. The van der Waals surface area contributed by atoms with Crippen molar-refractivity contribution in [2.45, 2.75) is 6.42 Å². The molecule has 0 bridgehead atoms. The minimum atomic E-state index is -0.263. The summed E-state index contributed by atoms with van der Waals surface area (Å²) >= 11 is 1.43. The van der Waals surface area contributed by atoms with E-state index in [1.165, 1.54) is 23.5 Å². The number of carbonyl (C=O) groups excluding carboxylic acids is 1. The maximum Gasteiger partial charge on any atom is 0.273 e. The average Bonchev–Trinajstić information content (AvgIpc) is 3.04. The van der Waals surface area contributed by atoms with Gasteiger partial charge in [0.05, 0.1) is 11.6 Å². The normalized spacial score (nSPS) is 15.7. The van der Waals surface area contributed by atoms with E-state index in [1.807, 2.05) is 6.07 Å². The number of hydrogen-bond donors (Lipinski definition) is 1. The van der Waals surface area contributed by atoms with Crippen molar-refractivity contribution >= 4 is 17.2 Å². The molecule has 7 heteroatoms. The molecule has 0 spiro atoms. The first-order valence-electron chi connectivity index (χ1n) is 7.97. The van der Waals surface area contributed by atoms with Crippen LogP contribution in [0, 0.1) is 5.82 Å². The highest BCUT2D eigenvalue weighted by molar-refractivity contribution is 7.09. The van der Waals surface area contributed by atoms with Gasteiger partial charge < -0.3 is 10.0 Å². The first-order chi connectivity index (χ1) is 11.7. The monoisotopic (exact) mass is 349 g/mol. The van der Waals surface area contributed by atoms with Crippen LogP contribution in [0.3, 0.4) is 0 Å². The second-order valence-electron chi connectivity index (χ2n) is 5.79. The molecule has 5 nitrogen and oxygen atoms in total. The van der Waals surface area contributed by atoms with Crippen LogP contribution in [0.15, 0.2) is 29.6 Å². The topological polar surface area (TPSA) is 56.7 Å². The van der Waals surface area contributed by atoms with Gasteiger partial charge in [-0.25, -0.2) is 9.37 Å². The lowest BCUT2D eigenvalue weighted by Crippen LogP contribution is -2.49. The van der Waals surface area contributed by atoms with Gasteiger partial charge in [0.25, 0.3) is 5.91 Å². The lowest BCUT2D eigenvalue weighted by Gasteiger charge is -2.33. The van der Waals surface area contributed by atoms with Gasteiger partial charge in [-0.05, 0) is 17.7 Å². The summed E-state index contributed by atoms with van der Waals surface area (Å²) in [5.74, 6) is -0.318. The zero-order chi connectivity index (χ0) is 16.9. The molecule has 1 aliphatic rings. The van der Waals surface area contributed by atoms with E-state index in [4.69, 9.17) is 5.11 Å². The van der Waals surface area contributed by atoms with Crippen LogP contribution in [-0.4, -0.2) is 65.1 Å². The van der Waals surface area contributed by atoms with Crippen LogP contribution < -0.4 is 0 Å². The maximum absolute atomic E-state index is 13.2. The molecule has 0 radical (unpaired) electrons. The molecule has 1 aromatic carbocycles. The Kier molecular flexibility index (Phi) is 5.55. The third-order valence-electron chi connectivity index (χ3n) is 4.09. The molecular formula is C17H20FN3O2S. The van der Waals surface area contributed by atoms with Crippen LogP contribution in [0.1, 0.15) is 21.1 Å². The van der Waals surface area contributed by atoms with Crippen molar-refractivity contribution in [1.82, 2.24) is 14.8 Å². The third kappa shape index (κ3) is 4.17. The number of aromatic nitrogens is 1. The van der Waals surface area contributed by atoms with Gasteiger partial charge in [0.15, 0.2) is 0 Å². The zero-order valence-corrected chi connectivity index (χ0v) is 14.1. The van der Waals surface area contributed by atoms with Crippen LogP contribution in [0.5, 0.6) is 0 Å². The molecule has 2 heterocycles. The molecule has 1 fully saturated rings. The first kappa shape index (κ1) is 17.0. The molecule has 2 aromatic rings. The number of rotatable bonds is 5. The Morgan fingerprint density at radius 1 is 1.29 bits per heavy atom. The summed E-state index contributed by atoms with van der Waals surface area (Å²) in [4.78, 5) is 20.9. The van der Waals surface area contributed by atoms with Gasteiger partial charge in [0.1, 0.15) is 11.5 Å². The number of amides is 1. The fraction of sp³-hybridized carbons (Fsp3) is 0.412. The second kappa shape index (κ2) is 7.83. The average molecular weight is 349 g/mol. The Morgan fingerprint density at radius 2 is 2.08 bits per heavy atom. The van der Waals surface area contributed by atoms with Crippen molar-refractivity contribution in [2.75, 3.05) is 39.3 Å². The summed E-state index contributed by atoms with van der Waals surface area (Å²) in [5.41, 5.74) is 1.31. The zero-order valence-electron chi connectivity index (χ0n) is 13.3. The molecule has 24 heavy (non-hydrogen) atoms. The van der Waals surface area contributed by atoms with Crippen LogP contribution in [0.2, 0.25) is 0 Å². The largest absolute Gasteiger partial charge is 0.395 e. The van der Waals surface area contributed by atoms with E-state index < -0.39 is 0 Å². The van der Waals surface area contributed by atoms with Gasteiger partial charge in [-0.3, -0.25) is 9.69 Å². The molecule has 3 rings (SSSR count). The lowest BCUT2D eigenvalue weighted by atomic mass is 10.1. The molecule has 1 aromatic heterocycles. The van der Waals surface area contributed by atoms with Gasteiger partial charge in [-0.2, -0.15) is 0 Å². The van der Waals surface area contributed by atoms with E-state index in [2.05, 4.69) is 9.88 Å². The highest BCUT2D eigenvalue weighted by atomic mass is 32.1. The van der Waals surface area contributed by atoms with Crippen molar-refractivity contribution < 1.29 is 14.3 Å². The number of hydrogen-bond acceptors (Lipinski definition) is 5. The van der Waals surface area contributed by atoms with E-state index in [9.17, 15) is 9.18 Å². The number of halogens is 1. The molecule has 0 atom stereocenters. The molecule has 1 N–H and O–H groups in total. The number of nitrogens with zero attached hydrogens (tertiary/aromatic N) is 3. The number of benzene rings is 1. The SMILES string of the molecule is O=C(c1csc(Cc2cccc(F)c2)n1)N1CCN(CCO)CC1. The van der Waals surface area contributed by atoms with E-state index >= 15 is 0 Å². The highest BCUT2D eigenvalue weighted by Gasteiger charge is 2.23. The lowest BCUT2D eigenvalue weighted by molar-refractivity contribution is 0.0610. The van der Waals surface area contributed by atoms with E-state index in [-0.39, 0.29) is 18.3 Å². The first-order valence-corrected chi connectivity index (χ1v) is 8.85. The van der Waals surface area contributed by atoms with Crippen molar-refractivity contribution in [3.05, 3.63) is 51.7 Å². The quantitative estimate of drug-likeness (QED) is 0.891. The summed E-state index contributed by atoms with van der Waals surface area (Å²) in [5, 5.41) is 11.5. The number of piperazine rings is 1. The van der Waals surface area contributed by atoms with Crippen molar-refractivity contribution in [3.63, 3.8) is 0 Å². The molecule has 0 unspecified atom stereocenters. The molecule has 0 aliphatic carbocycles. The van der Waals surface area contributed by atoms with Crippen molar-refractivity contribution in [1.29, 1.82) is 0 Å². The van der Waals surface area contributed by atoms with Gasteiger partial charge in [0.2, 0.25) is 0 Å². The van der Waals surface area contributed by atoms with Gasteiger partial charge in [-0.1, -0.05) is 12.1 Å². The summed E-state index contributed by atoms with van der Waals surface area (Å²) in [6.45, 7) is 3.63. The van der Waals surface area contributed by atoms with Crippen LogP contribution in [0.25, 0.3) is 0 Å².